The van der Waals surface area contributed by atoms with Crippen LogP contribution in [-0.4, -0.2) is 91.6 Å². The molecule has 1 heterocycles. The van der Waals surface area contributed by atoms with Crippen molar-refractivity contribution in [3.8, 4) is 11.5 Å². The van der Waals surface area contributed by atoms with Gasteiger partial charge in [0, 0.05) is 49.7 Å². The second kappa shape index (κ2) is 18.1. The highest BCUT2D eigenvalue weighted by Gasteiger charge is 2.31. The zero-order valence-electron chi connectivity index (χ0n) is 29.0. The van der Waals surface area contributed by atoms with Gasteiger partial charge in [-0.15, -0.1) is 0 Å². The van der Waals surface area contributed by atoms with Crippen LogP contribution in [0.1, 0.15) is 50.4 Å². The Balaban J connectivity index is 1.57. The zero-order valence-corrected chi connectivity index (χ0v) is 29.0. The van der Waals surface area contributed by atoms with E-state index < -0.39 is 18.2 Å². The number of rotatable bonds is 8. The average Bonchev–Trinajstić information content (AvgIpc) is 3.10. The van der Waals surface area contributed by atoms with Crippen LogP contribution < -0.4 is 25.4 Å². The molecule has 12 heteroatoms. The van der Waals surface area contributed by atoms with Crippen LogP contribution in [0.5, 0.6) is 11.5 Å². The first-order valence-corrected chi connectivity index (χ1v) is 16.7. The number of benzene rings is 3. The molecule has 1 aliphatic heterocycles. The lowest BCUT2D eigenvalue weighted by Gasteiger charge is -2.35. The number of amides is 5. The van der Waals surface area contributed by atoms with Crippen molar-refractivity contribution in [2.24, 2.45) is 5.92 Å². The molecule has 3 aromatic rings. The Kier molecular flexibility index (Phi) is 13.7. The van der Waals surface area contributed by atoms with Crippen LogP contribution in [0.25, 0.3) is 0 Å². The zero-order chi connectivity index (χ0) is 35.3. The second-order valence-corrected chi connectivity index (χ2v) is 12.5. The number of carbonyl (C=O) groups excluding carboxylic acids is 3. The Morgan fingerprint density at radius 1 is 0.980 bits per heavy atom. The van der Waals surface area contributed by atoms with Crippen molar-refractivity contribution in [3.63, 3.8) is 0 Å². The highest BCUT2D eigenvalue weighted by Crippen LogP contribution is 2.29. The number of para-hydroxylation sites is 1. The number of urea groups is 2. The van der Waals surface area contributed by atoms with Crippen molar-refractivity contribution in [1.82, 2.24) is 9.80 Å². The third-order valence-corrected chi connectivity index (χ3v) is 8.48. The van der Waals surface area contributed by atoms with Gasteiger partial charge in [-0.05, 0) is 87.7 Å². The molecule has 0 bridgehead atoms. The van der Waals surface area contributed by atoms with Gasteiger partial charge in [-0.25, -0.2) is 9.59 Å². The lowest BCUT2D eigenvalue weighted by molar-refractivity contribution is -0.0115. The van der Waals surface area contributed by atoms with E-state index in [2.05, 4.69) is 16.0 Å². The average molecular weight is 676 g/mol. The van der Waals surface area contributed by atoms with Gasteiger partial charge < -0.3 is 45.1 Å². The van der Waals surface area contributed by atoms with Crippen LogP contribution in [0, 0.1) is 5.92 Å². The van der Waals surface area contributed by atoms with Gasteiger partial charge in [0.05, 0.1) is 37.5 Å². The number of fused-ring (bicyclic) bond motifs is 1. The summed E-state index contributed by atoms with van der Waals surface area (Å²) in [5.74, 6) is 0.483. The van der Waals surface area contributed by atoms with E-state index in [0.29, 0.717) is 41.7 Å². The van der Waals surface area contributed by atoms with Gasteiger partial charge in [-0.2, -0.15) is 0 Å². The summed E-state index contributed by atoms with van der Waals surface area (Å²) >= 11 is 0. The Hall–Kier alpha value is -4.81. The molecule has 1 aliphatic rings. The number of nitrogens with zero attached hydrogens (tertiary/aromatic N) is 2. The smallest absolute Gasteiger partial charge is 0.323 e. The summed E-state index contributed by atoms with van der Waals surface area (Å²) in [4.78, 5) is 43.5. The highest BCUT2D eigenvalue weighted by atomic mass is 16.5. The van der Waals surface area contributed by atoms with Crippen LogP contribution in [0.2, 0.25) is 0 Å². The largest absolute Gasteiger partial charge is 0.497 e. The third-order valence-electron chi connectivity index (χ3n) is 8.48. The van der Waals surface area contributed by atoms with Crippen LogP contribution >= 0.6 is 0 Å². The van der Waals surface area contributed by atoms with Crippen molar-refractivity contribution < 1.29 is 33.7 Å². The molecule has 0 aliphatic carbocycles. The molecule has 4 rings (SSSR count). The van der Waals surface area contributed by atoms with E-state index in [4.69, 9.17) is 14.2 Å². The topological polar surface area (TPSA) is 142 Å². The van der Waals surface area contributed by atoms with E-state index in [1.807, 2.05) is 44.2 Å². The lowest BCUT2D eigenvalue weighted by atomic mass is 10.0. The van der Waals surface area contributed by atoms with Crippen LogP contribution in [0.15, 0.2) is 72.8 Å². The summed E-state index contributed by atoms with van der Waals surface area (Å²) in [5.41, 5.74) is 1.92. The maximum absolute atomic E-state index is 14.4. The molecule has 3 aromatic carbocycles. The first-order valence-electron chi connectivity index (χ1n) is 16.7. The third kappa shape index (κ3) is 10.8. The normalized spacial score (nSPS) is 19.3. The molecule has 12 nitrogen and oxygen atoms in total. The number of aliphatic hydroxyl groups is 1. The SMILES string of the molecule is COc1ccc(NC(=O)Nc2ccc3c(c2)C(=O)N([C@H](C)CO)C[C@H](C)[C@H](CN(C)C(=O)Nc2ccccc2)OCCCC[C@H](C)O3)cc1. The van der Waals surface area contributed by atoms with Gasteiger partial charge in [0.25, 0.3) is 5.91 Å². The molecular weight excluding hydrogens is 626 g/mol. The minimum Gasteiger partial charge on any atom is -0.497 e. The minimum atomic E-state index is -0.539. The first kappa shape index (κ1) is 37.0. The van der Waals surface area contributed by atoms with Gasteiger partial charge >= 0.3 is 12.1 Å². The van der Waals surface area contributed by atoms with Crippen LogP contribution in [0.4, 0.5) is 26.7 Å². The maximum Gasteiger partial charge on any atom is 0.323 e. The van der Waals surface area contributed by atoms with Gasteiger partial charge in [-0.3, -0.25) is 4.79 Å². The lowest BCUT2D eigenvalue weighted by Crippen LogP contribution is -2.48. The Bertz CT molecular complexity index is 1520. The summed E-state index contributed by atoms with van der Waals surface area (Å²) in [6, 6.07) is 19.8. The number of hydrogen-bond acceptors (Lipinski definition) is 7. The summed E-state index contributed by atoms with van der Waals surface area (Å²) in [5, 5.41) is 18.7. The van der Waals surface area contributed by atoms with E-state index in [1.54, 1.807) is 73.3 Å². The molecule has 0 fully saturated rings. The number of methoxy groups -OCH3 is 1. The van der Waals surface area contributed by atoms with Gasteiger partial charge in [0.2, 0.25) is 0 Å². The van der Waals surface area contributed by atoms with Crippen molar-refractivity contribution in [2.75, 3.05) is 56.4 Å². The van der Waals surface area contributed by atoms with Crippen LogP contribution in [0.3, 0.4) is 0 Å². The Labute approximate surface area is 288 Å². The molecule has 0 spiro atoms. The minimum absolute atomic E-state index is 0.196. The van der Waals surface area contributed by atoms with Crippen molar-refractivity contribution >= 4 is 35.0 Å². The number of ether oxygens (including phenoxy) is 3. The molecule has 0 aromatic heterocycles. The van der Waals surface area contributed by atoms with E-state index in [0.717, 1.165) is 19.3 Å². The van der Waals surface area contributed by atoms with Gasteiger partial charge in [0.1, 0.15) is 11.5 Å². The molecule has 49 heavy (non-hydrogen) atoms. The van der Waals surface area contributed by atoms with E-state index in [-0.39, 0.29) is 42.7 Å². The molecule has 0 radical (unpaired) electrons. The number of nitrogens with one attached hydrogen (secondary N) is 3. The molecular formula is C37H49N5O7. The Morgan fingerprint density at radius 2 is 1.65 bits per heavy atom. The van der Waals surface area contributed by atoms with E-state index in [9.17, 15) is 19.5 Å². The molecule has 264 valence electrons. The van der Waals surface area contributed by atoms with Crippen molar-refractivity contribution in [1.29, 1.82) is 0 Å². The standard InChI is InChI=1S/C37H49N5O7/c1-25-22-42(26(2)24-43)35(44)32-21-30(39-36(45)38-29-14-17-31(47-5)18-15-29)16-19-33(32)49-27(3)11-9-10-20-48-34(25)23-41(4)37(46)40-28-12-7-6-8-13-28/h6-8,12-19,21,25-27,34,43H,9-11,20,22-24H2,1-5H3,(H,40,46)(H2,38,39,45)/t25-,26+,27-,34-/m0/s1. The summed E-state index contributed by atoms with van der Waals surface area (Å²) in [7, 11) is 3.28. The predicted octanol–water partition coefficient (Wildman–Crippen LogP) is 6.30. The van der Waals surface area contributed by atoms with Gasteiger partial charge in [0.15, 0.2) is 0 Å². The molecule has 0 unspecified atom stereocenters. The number of hydrogen-bond donors (Lipinski definition) is 4. The fourth-order valence-electron chi connectivity index (χ4n) is 5.52. The molecule has 4 N–H and O–H groups in total. The van der Waals surface area contributed by atoms with Crippen molar-refractivity contribution in [3.05, 3.63) is 78.4 Å². The van der Waals surface area contributed by atoms with Gasteiger partial charge in [-0.1, -0.05) is 25.1 Å². The van der Waals surface area contributed by atoms with Crippen molar-refractivity contribution in [2.45, 2.75) is 58.3 Å². The highest BCUT2D eigenvalue weighted by molar-refractivity contribution is 6.02. The summed E-state index contributed by atoms with van der Waals surface area (Å²) < 4.78 is 17.8. The number of carbonyl (C=O) groups is 3. The van der Waals surface area contributed by atoms with E-state index >= 15 is 0 Å². The molecule has 0 saturated heterocycles. The molecule has 4 atom stereocenters. The second-order valence-electron chi connectivity index (χ2n) is 12.5. The predicted molar refractivity (Wildman–Crippen MR) is 191 cm³/mol. The fraction of sp³-hybridized carbons (Fsp3) is 0.432. The quantitative estimate of drug-likeness (QED) is 0.220. The number of anilines is 3. The van der Waals surface area contributed by atoms with E-state index in [1.165, 1.54) is 0 Å². The van der Waals surface area contributed by atoms with Crippen LogP contribution in [-0.2, 0) is 4.74 Å². The summed E-state index contributed by atoms with van der Waals surface area (Å²) in [6.07, 6.45) is 1.79. The maximum atomic E-state index is 14.4. The first-order chi connectivity index (χ1) is 23.6. The summed E-state index contributed by atoms with van der Waals surface area (Å²) in [6.45, 7) is 6.46. The number of aliphatic hydroxyl groups excluding tert-OH is 1. The number of likely N-dealkylation sites (N-methyl/N-ethyl adjacent to an activating group) is 1. The molecule has 0 saturated carbocycles. The monoisotopic (exact) mass is 675 g/mol. The molecule has 5 amide bonds. The fourth-order valence-corrected chi connectivity index (χ4v) is 5.52. The Morgan fingerprint density at radius 3 is 2.35 bits per heavy atom.